The van der Waals surface area contributed by atoms with Crippen molar-refractivity contribution in [2.75, 3.05) is 32.9 Å². The van der Waals surface area contributed by atoms with Crippen molar-refractivity contribution in [3.63, 3.8) is 0 Å². The molecule has 2 atom stereocenters. The topological polar surface area (TPSA) is 32.7 Å². The van der Waals surface area contributed by atoms with Gasteiger partial charge in [0.2, 0.25) is 0 Å². The first-order chi connectivity index (χ1) is 7.67. The number of aliphatic hydroxyl groups excluding tert-OH is 1. The summed E-state index contributed by atoms with van der Waals surface area (Å²) in [5.41, 5.74) is -0.0162. The van der Waals surface area contributed by atoms with Crippen molar-refractivity contribution >= 4 is 0 Å². The van der Waals surface area contributed by atoms with E-state index in [4.69, 9.17) is 4.74 Å². The molecule has 1 fully saturated rings. The van der Waals surface area contributed by atoms with E-state index in [1.165, 1.54) is 0 Å². The van der Waals surface area contributed by atoms with Gasteiger partial charge in [-0.05, 0) is 32.7 Å². The van der Waals surface area contributed by atoms with Crippen LogP contribution >= 0.6 is 0 Å². The third-order valence-corrected chi connectivity index (χ3v) is 3.90. The second-order valence-corrected chi connectivity index (χ2v) is 5.13. The summed E-state index contributed by atoms with van der Waals surface area (Å²) in [4.78, 5) is 2.46. The van der Waals surface area contributed by atoms with Crippen LogP contribution < -0.4 is 0 Å². The molecule has 1 saturated heterocycles. The molecular weight excluding hydrogens is 202 g/mol. The molecule has 0 radical (unpaired) electrons. The molecule has 0 spiro atoms. The molecule has 2 unspecified atom stereocenters. The Bertz CT molecular complexity index is 190. The minimum atomic E-state index is -0.0162. The summed E-state index contributed by atoms with van der Waals surface area (Å²) in [7, 11) is 0. The predicted octanol–water partition coefficient (Wildman–Crippen LogP) is 1.90. The van der Waals surface area contributed by atoms with E-state index in [2.05, 4.69) is 25.7 Å². The van der Waals surface area contributed by atoms with E-state index in [-0.39, 0.29) is 12.0 Å². The number of nitrogens with zero attached hydrogens (tertiary/aromatic N) is 1. The molecule has 1 rings (SSSR count). The Hall–Kier alpha value is -0.120. The van der Waals surface area contributed by atoms with Gasteiger partial charge in [0.05, 0.1) is 13.2 Å². The standard InChI is InChI=1S/C13H27NO2/c1-4-12(3)14(5-2)9-13(10-15)7-6-8-16-11-13/h12,15H,4-11H2,1-3H3. The van der Waals surface area contributed by atoms with Crippen LogP contribution in [0.15, 0.2) is 0 Å². The summed E-state index contributed by atoms with van der Waals surface area (Å²) in [6.07, 6.45) is 3.34. The molecule has 0 amide bonds. The maximum atomic E-state index is 9.63. The molecule has 0 aromatic heterocycles. The molecule has 3 heteroatoms. The smallest absolute Gasteiger partial charge is 0.0556 e. The molecule has 3 nitrogen and oxygen atoms in total. The van der Waals surface area contributed by atoms with Crippen molar-refractivity contribution in [2.24, 2.45) is 5.41 Å². The van der Waals surface area contributed by atoms with E-state index < -0.39 is 0 Å². The summed E-state index contributed by atoms with van der Waals surface area (Å²) >= 11 is 0. The fourth-order valence-electron chi connectivity index (χ4n) is 2.48. The van der Waals surface area contributed by atoms with Crippen LogP contribution in [-0.4, -0.2) is 49.0 Å². The van der Waals surface area contributed by atoms with E-state index in [0.29, 0.717) is 6.04 Å². The third-order valence-electron chi connectivity index (χ3n) is 3.90. The second kappa shape index (κ2) is 6.58. The average Bonchev–Trinajstić information content (AvgIpc) is 2.36. The fraction of sp³-hybridized carbons (Fsp3) is 1.00. The minimum Gasteiger partial charge on any atom is -0.396 e. The molecule has 1 N–H and O–H groups in total. The number of hydrogen-bond donors (Lipinski definition) is 1. The van der Waals surface area contributed by atoms with Gasteiger partial charge in [-0.15, -0.1) is 0 Å². The van der Waals surface area contributed by atoms with Gasteiger partial charge in [-0.3, -0.25) is 0 Å². The Balaban J connectivity index is 2.58. The Kier molecular flexibility index (Phi) is 5.73. The van der Waals surface area contributed by atoms with Crippen molar-refractivity contribution in [1.29, 1.82) is 0 Å². The Morgan fingerprint density at radius 1 is 1.44 bits per heavy atom. The van der Waals surface area contributed by atoms with Gasteiger partial charge >= 0.3 is 0 Å². The molecule has 1 aliphatic rings. The van der Waals surface area contributed by atoms with E-state index in [9.17, 15) is 5.11 Å². The fourth-order valence-corrected chi connectivity index (χ4v) is 2.48. The summed E-state index contributed by atoms with van der Waals surface area (Å²) < 4.78 is 5.55. The van der Waals surface area contributed by atoms with Gasteiger partial charge in [0, 0.05) is 24.6 Å². The first kappa shape index (κ1) is 13.9. The Morgan fingerprint density at radius 2 is 2.19 bits per heavy atom. The summed E-state index contributed by atoms with van der Waals surface area (Å²) in [5.74, 6) is 0. The third kappa shape index (κ3) is 3.44. The molecule has 1 aliphatic heterocycles. The van der Waals surface area contributed by atoms with Crippen LogP contribution in [0.1, 0.15) is 40.0 Å². The van der Waals surface area contributed by atoms with Crippen molar-refractivity contribution in [2.45, 2.75) is 46.1 Å². The largest absolute Gasteiger partial charge is 0.396 e. The molecule has 96 valence electrons. The molecule has 0 aromatic rings. The lowest BCUT2D eigenvalue weighted by Crippen LogP contribution is -2.48. The lowest BCUT2D eigenvalue weighted by Gasteiger charge is -2.41. The summed E-state index contributed by atoms with van der Waals surface area (Å²) in [5, 5.41) is 9.63. The van der Waals surface area contributed by atoms with Gasteiger partial charge in [-0.1, -0.05) is 13.8 Å². The van der Waals surface area contributed by atoms with Crippen molar-refractivity contribution in [3.05, 3.63) is 0 Å². The van der Waals surface area contributed by atoms with Crippen molar-refractivity contribution < 1.29 is 9.84 Å². The highest BCUT2D eigenvalue weighted by molar-refractivity contribution is 4.85. The normalized spacial score (nSPS) is 28.3. The Morgan fingerprint density at radius 3 is 2.62 bits per heavy atom. The van der Waals surface area contributed by atoms with Crippen LogP contribution in [0.4, 0.5) is 0 Å². The highest BCUT2D eigenvalue weighted by Crippen LogP contribution is 2.30. The number of ether oxygens (including phenoxy) is 1. The quantitative estimate of drug-likeness (QED) is 0.755. The lowest BCUT2D eigenvalue weighted by molar-refractivity contribution is -0.0595. The molecular formula is C13H27NO2. The van der Waals surface area contributed by atoms with Crippen LogP contribution in [0, 0.1) is 5.41 Å². The molecule has 16 heavy (non-hydrogen) atoms. The van der Waals surface area contributed by atoms with Gasteiger partial charge in [-0.2, -0.15) is 0 Å². The van der Waals surface area contributed by atoms with Crippen LogP contribution in [0.25, 0.3) is 0 Å². The van der Waals surface area contributed by atoms with Crippen LogP contribution in [0.3, 0.4) is 0 Å². The van der Waals surface area contributed by atoms with Crippen LogP contribution in [-0.2, 0) is 4.74 Å². The van der Waals surface area contributed by atoms with Gasteiger partial charge in [0.15, 0.2) is 0 Å². The number of aliphatic hydroxyl groups is 1. The van der Waals surface area contributed by atoms with Crippen LogP contribution in [0.2, 0.25) is 0 Å². The Labute approximate surface area is 99.8 Å². The van der Waals surface area contributed by atoms with Gasteiger partial charge < -0.3 is 14.7 Å². The van der Waals surface area contributed by atoms with E-state index >= 15 is 0 Å². The molecule has 0 aromatic carbocycles. The van der Waals surface area contributed by atoms with Gasteiger partial charge in [0.1, 0.15) is 0 Å². The highest BCUT2D eigenvalue weighted by atomic mass is 16.5. The predicted molar refractivity (Wildman–Crippen MR) is 66.6 cm³/mol. The highest BCUT2D eigenvalue weighted by Gasteiger charge is 2.34. The van der Waals surface area contributed by atoms with Gasteiger partial charge in [-0.25, -0.2) is 0 Å². The van der Waals surface area contributed by atoms with E-state index in [1.54, 1.807) is 0 Å². The first-order valence-electron chi connectivity index (χ1n) is 6.60. The maximum Gasteiger partial charge on any atom is 0.0556 e. The van der Waals surface area contributed by atoms with Crippen LogP contribution in [0.5, 0.6) is 0 Å². The molecule has 1 heterocycles. The summed E-state index contributed by atoms with van der Waals surface area (Å²) in [6, 6.07) is 0.593. The van der Waals surface area contributed by atoms with E-state index in [1.807, 2.05) is 0 Å². The SMILES string of the molecule is CCC(C)N(CC)CC1(CO)CCCOC1. The second-order valence-electron chi connectivity index (χ2n) is 5.13. The average molecular weight is 229 g/mol. The monoisotopic (exact) mass is 229 g/mol. The molecule has 0 saturated carbocycles. The van der Waals surface area contributed by atoms with Crippen molar-refractivity contribution in [1.82, 2.24) is 4.90 Å². The minimum absolute atomic E-state index is 0.0162. The van der Waals surface area contributed by atoms with Crippen molar-refractivity contribution in [3.8, 4) is 0 Å². The molecule has 0 aliphatic carbocycles. The van der Waals surface area contributed by atoms with Gasteiger partial charge in [0.25, 0.3) is 0 Å². The van der Waals surface area contributed by atoms with E-state index in [0.717, 1.165) is 45.6 Å². The number of rotatable bonds is 6. The molecule has 0 bridgehead atoms. The number of hydrogen-bond acceptors (Lipinski definition) is 3. The first-order valence-corrected chi connectivity index (χ1v) is 6.60. The zero-order valence-electron chi connectivity index (χ0n) is 11.0. The lowest BCUT2D eigenvalue weighted by atomic mass is 9.82. The maximum absolute atomic E-state index is 9.63. The summed E-state index contributed by atoms with van der Waals surface area (Å²) in [6.45, 7) is 10.5. The zero-order valence-corrected chi connectivity index (χ0v) is 11.0. The zero-order chi connectivity index (χ0) is 12.0.